The van der Waals surface area contributed by atoms with E-state index in [1.54, 1.807) is 0 Å². The minimum Gasteiger partial charge on any atom is -0.493 e. The molecular weight excluding hydrogens is 332 g/mol. The Morgan fingerprint density at radius 2 is 2.16 bits per heavy atom. The Labute approximate surface area is 144 Å². The van der Waals surface area contributed by atoms with E-state index in [-0.39, 0.29) is 29.9 Å². The molecule has 0 radical (unpaired) electrons. The van der Waals surface area contributed by atoms with Gasteiger partial charge in [-0.25, -0.2) is 0 Å². The molecule has 2 rings (SSSR count). The Morgan fingerprint density at radius 3 is 2.68 bits per heavy atom. The lowest BCUT2D eigenvalue weighted by Gasteiger charge is -2.19. The maximum atomic E-state index is 12.6. The van der Waals surface area contributed by atoms with Crippen LogP contribution in [-0.4, -0.2) is 46.7 Å². The summed E-state index contributed by atoms with van der Waals surface area (Å²) in [6.45, 7) is 2.32. The molecule has 1 aliphatic rings. The topological polar surface area (TPSA) is 119 Å². The van der Waals surface area contributed by atoms with Crippen LogP contribution in [0.3, 0.4) is 0 Å². The summed E-state index contributed by atoms with van der Waals surface area (Å²) < 4.78 is 10.6. The molecule has 1 aliphatic heterocycles. The molecule has 0 aromatic heterocycles. The highest BCUT2D eigenvalue weighted by atomic mass is 16.6. The van der Waals surface area contributed by atoms with Crippen LogP contribution in [0.4, 0.5) is 5.69 Å². The zero-order valence-corrected chi connectivity index (χ0v) is 14.1. The number of benzene rings is 1. The van der Waals surface area contributed by atoms with Crippen LogP contribution in [0.1, 0.15) is 43.0 Å². The van der Waals surface area contributed by atoms with E-state index < -0.39 is 28.7 Å². The van der Waals surface area contributed by atoms with Gasteiger partial charge < -0.3 is 14.6 Å². The number of unbranched alkanes of at least 4 members (excludes halogenated alkanes) is 1. The van der Waals surface area contributed by atoms with E-state index in [1.807, 2.05) is 6.92 Å². The molecule has 2 amide bonds. The molecule has 9 nitrogen and oxygen atoms in total. The Hall–Kier alpha value is -2.68. The molecule has 1 heterocycles. The van der Waals surface area contributed by atoms with Gasteiger partial charge in [0.1, 0.15) is 11.8 Å². The van der Waals surface area contributed by atoms with Crippen molar-refractivity contribution in [2.24, 2.45) is 0 Å². The van der Waals surface area contributed by atoms with Crippen LogP contribution in [0.2, 0.25) is 0 Å². The van der Waals surface area contributed by atoms with Crippen molar-refractivity contribution in [3.05, 3.63) is 27.8 Å². The number of nitrogens with zero attached hydrogens (tertiary/aromatic N) is 2. The van der Waals surface area contributed by atoms with Gasteiger partial charge in [0.2, 0.25) is 5.91 Å². The summed E-state index contributed by atoms with van der Waals surface area (Å²) in [7, 11) is 1.35. The third-order valence-corrected chi connectivity index (χ3v) is 3.87. The summed E-state index contributed by atoms with van der Waals surface area (Å²) in [6, 6.07) is 2.27. The van der Waals surface area contributed by atoms with Crippen LogP contribution in [0.5, 0.6) is 11.5 Å². The molecule has 25 heavy (non-hydrogen) atoms. The molecule has 1 aromatic rings. The van der Waals surface area contributed by atoms with Gasteiger partial charge in [-0.3, -0.25) is 24.6 Å². The maximum Gasteiger partial charge on any atom is 0.286 e. The van der Waals surface area contributed by atoms with Crippen molar-refractivity contribution in [2.45, 2.75) is 38.8 Å². The quantitative estimate of drug-likeness (QED) is 0.344. The minimum absolute atomic E-state index is 0.00997. The number of carbonyl (C=O) groups excluding carboxylic acids is 2. The van der Waals surface area contributed by atoms with E-state index >= 15 is 0 Å². The molecule has 9 heteroatoms. The Morgan fingerprint density at radius 1 is 1.44 bits per heavy atom. The van der Waals surface area contributed by atoms with Gasteiger partial charge in [0.25, 0.3) is 11.6 Å². The SMILES string of the molecule is CCCCOc1cc([N+](=O)[O-])c(C(=O)N2C(=O)CCC2O)cc1OC. The van der Waals surface area contributed by atoms with E-state index in [0.717, 1.165) is 18.9 Å². The van der Waals surface area contributed by atoms with Crippen LogP contribution in [-0.2, 0) is 4.79 Å². The van der Waals surface area contributed by atoms with Crippen molar-refractivity contribution >= 4 is 17.5 Å². The Kier molecular flexibility index (Phi) is 5.92. The molecule has 1 unspecified atom stereocenters. The summed E-state index contributed by atoms with van der Waals surface area (Å²) in [5.74, 6) is -1.21. The standard InChI is InChI=1S/C16H20N2O7/c1-3-4-7-25-13-9-11(18(22)23)10(8-12(13)24-2)16(21)17-14(19)5-6-15(17)20/h8-9,14,19H,3-7H2,1-2H3. The highest BCUT2D eigenvalue weighted by Crippen LogP contribution is 2.36. The molecule has 1 N–H and O–H groups in total. The summed E-state index contributed by atoms with van der Waals surface area (Å²) in [5.41, 5.74) is -0.844. The first-order chi connectivity index (χ1) is 11.9. The predicted octanol–water partition coefficient (Wildman–Crippen LogP) is 1.86. The number of amides is 2. The zero-order valence-electron chi connectivity index (χ0n) is 14.1. The maximum absolute atomic E-state index is 12.6. The second-order valence-corrected chi connectivity index (χ2v) is 5.57. The third-order valence-electron chi connectivity index (χ3n) is 3.87. The second-order valence-electron chi connectivity index (χ2n) is 5.57. The number of hydrogen-bond donors (Lipinski definition) is 1. The van der Waals surface area contributed by atoms with E-state index in [4.69, 9.17) is 9.47 Å². The van der Waals surface area contributed by atoms with Gasteiger partial charge in [-0.15, -0.1) is 0 Å². The molecule has 1 aromatic carbocycles. The highest BCUT2D eigenvalue weighted by Gasteiger charge is 2.38. The number of imide groups is 1. The summed E-state index contributed by atoms with van der Waals surface area (Å²) in [4.78, 5) is 35.7. The first kappa shape index (κ1) is 18.7. The lowest BCUT2D eigenvalue weighted by Crippen LogP contribution is -2.38. The molecule has 0 bridgehead atoms. The number of hydrogen-bond acceptors (Lipinski definition) is 7. The average molecular weight is 352 g/mol. The molecule has 1 saturated heterocycles. The first-order valence-electron chi connectivity index (χ1n) is 7.94. The number of methoxy groups -OCH3 is 1. The molecule has 0 aliphatic carbocycles. The monoisotopic (exact) mass is 352 g/mol. The predicted molar refractivity (Wildman–Crippen MR) is 86.5 cm³/mol. The van der Waals surface area contributed by atoms with E-state index in [1.165, 1.54) is 13.2 Å². The van der Waals surface area contributed by atoms with Gasteiger partial charge in [0.05, 0.1) is 24.7 Å². The molecule has 1 fully saturated rings. The fourth-order valence-electron chi connectivity index (χ4n) is 2.52. The van der Waals surface area contributed by atoms with Crippen molar-refractivity contribution in [1.82, 2.24) is 4.90 Å². The number of carbonyl (C=O) groups is 2. The van der Waals surface area contributed by atoms with Gasteiger partial charge in [-0.05, 0) is 6.42 Å². The number of aliphatic hydroxyl groups is 1. The van der Waals surface area contributed by atoms with Crippen LogP contribution in [0, 0.1) is 10.1 Å². The molecule has 0 spiro atoms. The van der Waals surface area contributed by atoms with Crippen molar-refractivity contribution in [3.63, 3.8) is 0 Å². The average Bonchev–Trinajstić information content (AvgIpc) is 2.92. The minimum atomic E-state index is -1.29. The number of aliphatic hydroxyl groups excluding tert-OH is 1. The van der Waals surface area contributed by atoms with Gasteiger partial charge in [-0.2, -0.15) is 0 Å². The van der Waals surface area contributed by atoms with Gasteiger partial charge >= 0.3 is 0 Å². The number of rotatable bonds is 7. The number of likely N-dealkylation sites (tertiary alicyclic amines) is 1. The zero-order chi connectivity index (χ0) is 18.6. The highest BCUT2D eigenvalue weighted by molar-refractivity contribution is 6.08. The lowest BCUT2D eigenvalue weighted by atomic mass is 10.1. The number of nitro groups is 1. The van der Waals surface area contributed by atoms with Crippen molar-refractivity contribution < 1.29 is 29.1 Å². The van der Waals surface area contributed by atoms with E-state index in [0.29, 0.717) is 11.5 Å². The molecule has 136 valence electrons. The largest absolute Gasteiger partial charge is 0.493 e. The van der Waals surface area contributed by atoms with Crippen molar-refractivity contribution in [2.75, 3.05) is 13.7 Å². The first-order valence-corrected chi connectivity index (χ1v) is 7.94. The van der Waals surface area contributed by atoms with Crippen LogP contribution in [0.15, 0.2) is 12.1 Å². The second kappa shape index (κ2) is 7.93. The molecule has 0 saturated carbocycles. The Bertz CT molecular complexity index is 689. The van der Waals surface area contributed by atoms with Crippen LogP contribution in [0.25, 0.3) is 0 Å². The van der Waals surface area contributed by atoms with Crippen molar-refractivity contribution in [3.8, 4) is 11.5 Å². The smallest absolute Gasteiger partial charge is 0.286 e. The lowest BCUT2D eigenvalue weighted by molar-refractivity contribution is -0.385. The Balaban J connectivity index is 2.44. The van der Waals surface area contributed by atoms with Gasteiger partial charge in [-0.1, -0.05) is 13.3 Å². The van der Waals surface area contributed by atoms with Gasteiger partial charge in [0, 0.05) is 18.9 Å². The van der Waals surface area contributed by atoms with Crippen LogP contribution >= 0.6 is 0 Å². The normalized spacial score (nSPS) is 16.8. The third kappa shape index (κ3) is 3.87. The fraction of sp³-hybridized carbons (Fsp3) is 0.500. The number of ether oxygens (including phenoxy) is 2. The molecular formula is C16H20N2O7. The number of nitro benzene ring substituents is 1. The fourth-order valence-corrected chi connectivity index (χ4v) is 2.52. The van der Waals surface area contributed by atoms with E-state index in [2.05, 4.69) is 0 Å². The van der Waals surface area contributed by atoms with Crippen LogP contribution < -0.4 is 9.47 Å². The van der Waals surface area contributed by atoms with Gasteiger partial charge in [0.15, 0.2) is 11.5 Å². The summed E-state index contributed by atoms with van der Waals surface area (Å²) >= 11 is 0. The molecule has 1 atom stereocenters. The van der Waals surface area contributed by atoms with E-state index in [9.17, 15) is 24.8 Å². The van der Waals surface area contributed by atoms with Crippen molar-refractivity contribution in [1.29, 1.82) is 0 Å². The summed E-state index contributed by atoms with van der Waals surface area (Å²) in [6.07, 6.45) is 0.470. The summed E-state index contributed by atoms with van der Waals surface area (Å²) in [5, 5.41) is 21.2.